The Balaban J connectivity index is 1.57. The van der Waals surface area contributed by atoms with Crippen LogP contribution >= 0.6 is 11.6 Å². The van der Waals surface area contributed by atoms with Gasteiger partial charge in [0.1, 0.15) is 11.5 Å². The van der Waals surface area contributed by atoms with Crippen LogP contribution in [0.5, 0.6) is 11.5 Å². The molecule has 1 aliphatic rings. The molecular formula is C21H27ClN4O2. The molecule has 2 aromatic carbocycles. The molecule has 150 valence electrons. The van der Waals surface area contributed by atoms with Gasteiger partial charge in [0.25, 0.3) is 0 Å². The third kappa shape index (κ3) is 4.81. The maximum atomic E-state index is 6.03. The van der Waals surface area contributed by atoms with Crippen molar-refractivity contribution in [1.29, 1.82) is 0 Å². The fraction of sp³-hybridized carbons (Fsp3) is 0.381. The van der Waals surface area contributed by atoms with Gasteiger partial charge in [-0.3, -0.25) is 4.99 Å². The lowest BCUT2D eigenvalue weighted by molar-refractivity contribution is 0.409. The third-order valence-electron chi connectivity index (χ3n) is 4.87. The summed E-state index contributed by atoms with van der Waals surface area (Å²) < 4.78 is 10.9. The summed E-state index contributed by atoms with van der Waals surface area (Å²) in [4.78, 5) is 6.69. The summed E-state index contributed by atoms with van der Waals surface area (Å²) in [6, 6.07) is 14.1. The fourth-order valence-corrected chi connectivity index (χ4v) is 3.58. The first-order valence-electron chi connectivity index (χ1n) is 9.32. The van der Waals surface area contributed by atoms with Gasteiger partial charge in [0.15, 0.2) is 5.96 Å². The van der Waals surface area contributed by atoms with Crippen molar-refractivity contribution in [3.05, 3.63) is 53.1 Å². The summed E-state index contributed by atoms with van der Waals surface area (Å²) in [6.07, 6.45) is 1.03. The fourth-order valence-electron chi connectivity index (χ4n) is 3.42. The van der Waals surface area contributed by atoms with E-state index in [0.717, 1.165) is 48.2 Å². The van der Waals surface area contributed by atoms with Gasteiger partial charge in [-0.25, -0.2) is 0 Å². The van der Waals surface area contributed by atoms with Crippen molar-refractivity contribution in [2.75, 3.05) is 39.3 Å². The largest absolute Gasteiger partial charge is 0.496 e. The van der Waals surface area contributed by atoms with E-state index in [0.29, 0.717) is 17.6 Å². The zero-order valence-electron chi connectivity index (χ0n) is 16.5. The molecular weight excluding hydrogens is 376 g/mol. The summed E-state index contributed by atoms with van der Waals surface area (Å²) in [5, 5.41) is 7.53. The van der Waals surface area contributed by atoms with E-state index < -0.39 is 0 Å². The Morgan fingerprint density at radius 2 is 1.96 bits per heavy atom. The number of anilines is 1. The Hall–Kier alpha value is -2.60. The van der Waals surface area contributed by atoms with Gasteiger partial charge in [-0.05, 0) is 30.7 Å². The van der Waals surface area contributed by atoms with E-state index in [1.165, 1.54) is 0 Å². The Morgan fingerprint density at radius 1 is 1.18 bits per heavy atom. The molecule has 1 atom stereocenters. The van der Waals surface area contributed by atoms with E-state index in [2.05, 4.69) is 26.6 Å². The molecule has 0 amide bonds. The van der Waals surface area contributed by atoms with Crippen molar-refractivity contribution in [2.45, 2.75) is 19.0 Å². The number of guanidine groups is 1. The van der Waals surface area contributed by atoms with Crippen LogP contribution in [0.1, 0.15) is 12.0 Å². The first kappa shape index (κ1) is 20.1. The maximum Gasteiger partial charge on any atom is 0.191 e. The van der Waals surface area contributed by atoms with E-state index in [4.69, 9.17) is 21.1 Å². The summed E-state index contributed by atoms with van der Waals surface area (Å²) in [5.41, 5.74) is 2.15. The van der Waals surface area contributed by atoms with Crippen LogP contribution in [-0.4, -0.2) is 46.4 Å². The molecule has 0 bridgehead atoms. The minimum Gasteiger partial charge on any atom is -0.496 e. The topological polar surface area (TPSA) is 58.1 Å². The van der Waals surface area contributed by atoms with E-state index in [-0.39, 0.29) is 0 Å². The van der Waals surface area contributed by atoms with Gasteiger partial charge in [0, 0.05) is 43.3 Å². The van der Waals surface area contributed by atoms with Crippen molar-refractivity contribution in [1.82, 2.24) is 10.6 Å². The number of para-hydroxylation sites is 2. The molecule has 0 aromatic heterocycles. The monoisotopic (exact) mass is 402 g/mol. The molecule has 3 rings (SSSR count). The first-order valence-corrected chi connectivity index (χ1v) is 9.70. The van der Waals surface area contributed by atoms with E-state index in [9.17, 15) is 0 Å². The van der Waals surface area contributed by atoms with Crippen LogP contribution in [0.2, 0.25) is 5.02 Å². The number of hydrogen-bond acceptors (Lipinski definition) is 4. The Labute approximate surface area is 171 Å². The zero-order chi connectivity index (χ0) is 19.9. The maximum absolute atomic E-state index is 6.03. The molecule has 0 aliphatic carbocycles. The number of aliphatic imine (C=N–C) groups is 1. The normalized spacial score (nSPS) is 16.8. The number of nitrogens with one attached hydrogen (secondary N) is 2. The molecule has 1 fully saturated rings. The minimum absolute atomic E-state index is 0.309. The summed E-state index contributed by atoms with van der Waals surface area (Å²) in [7, 11) is 5.13. The Kier molecular flexibility index (Phi) is 6.87. The highest BCUT2D eigenvalue weighted by Gasteiger charge is 2.25. The molecule has 1 unspecified atom stereocenters. The smallest absolute Gasteiger partial charge is 0.191 e. The van der Waals surface area contributed by atoms with Gasteiger partial charge in [-0.1, -0.05) is 29.8 Å². The number of rotatable bonds is 6. The lowest BCUT2D eigenvalue weighted by atomic mass is 10.2. The lowest BCUT2D eigenvalue weighted by Crippen LogP contribution is -2.44. The highest BCUT2D eigenvalue weighted by atomic mass is 35.5. The van der Waals surface area contributed by atoms with Crippen molar-refractivity contribution in [3.8, 4) is 11.5 Å². The second kappa shape index (κ2) is 9.55. The standard InChI is InChI=1S/C21H27ClN4O2/c1-23-21(24-13-15-8-9-16(22)12-20(15)28-3)25-17-10-11-26(14-17)18-6-4-5-7-19(18)27-2/h4-9,12,17H,10-11,13-14H2,1-3H3,(H2,23,24,25). The Morgan fingerprint density at radius 3 is 2.71 bits per heavy atom. The Bertz CT molecular complexity index is 828. The third-order valence-corrected chi connectivity index (χ3v) is 5.11. The number of ether oxygens (including phenoxy) is 2. The number of hydrogen-bond donors (Lipinski definition) is 2. The lowest BCUT2D eigenvalue weighted by Gasteiger charge is -2.22. The SMILES string of the molecule is CN=C(NCc1ccc(Cl)cc1OC)NC1CCN(c2ccccc2OC)C1. The molecule has 2 N–H and O–H groups in total. The van der Waals surface area contributed by atoms with Gasteiger partial charge in [-0.2, -0.15) is 0 Å². The molecule has 0 saturated carbocycles. The van der Waals surface area contributed by atoms with E-state index in [1.807, 2.05) is 36.4 Å². The van der Waals surface area contributed by atoms with Gasteiger partial charge >= 0.3 is 0 Å². The molecule has 7 heteroatoms. The zero-order valence-corrected chi connectivity index (χ0v) is 17.3. The first-order chi connectivity index (χ1) is 13.6. The van der Waals surface area contributed by atoms with Crippen molar-refractivity contribution in [2.24, 2.45) is 4.99 Å². The van der Waals surface area contributed by atoms with Crippen LogP contribution in [0.4, 0.5) is 5.69 Å². The van der Waals surface area contributed by atoms with Gasteiger partial charge < -0.3 is 25.0 Å². The predicted molar refractivity (Wildman–Crippen MR) is 115 cm³/mol. The molecule has 1 heterocycles. The second-order valence-electron chi connectivity index (χ2n) is 6.63. The molecule has 0 spiro atoms. The van der Waals surface area contributed by atoms with E-state index in [1.54, 1.807) is 21.3 Å². The molecule has 1 saturated heterocycles. The average molecular weight is 403 g/mol. The summed E-state index contributed by atoms with van der Waals surface area (Å²) >= 11 is 6.03. The molecule has 0 radical (unpaired) electrons. The predicted octanol–water partition coefficient (Wildman–Crippen LogP) is 3.30. The van der Waals surface area contributed by atoms with E-state index >= 15 is 0 Å². The molecule has 28 heavy (non-hydrogen) atoms. The number of methoxy groups -OCH3 is 2. The van der Waals surface area contributed by atoms with Crippen LogP contribution in [0.15, 0.2) is 47.5 Å². The highest BCUT2D eigenvalue weighted by molar-refractivity contribution is 6.30. The number of benzene rings is 2. The van der Waals surface area contributed by atoms with Crippen LogP contribution in [0.3, 0.4) is 0 Å². The minimum atomic E-state index is 0.309. The van der Waals surface area contributed by atoms with Crippen LogP contribution < -0.4 is 25.0 Å². The van der Waals surface area contributed by atoms with Gasteiger partial charge in [0.05, 0.1) is 19.9 Å². The van der Waals surface area contributed by atoms with Crippen LogP contribution in [0, 0.1) is 0 Å². The quantitative estimate of drug-likeness (QED) is 0.573. The molecule has 6 nitrogen and oxygen atoms in total. The molecule has 2 aromatic rings. The number of halogens is 1. The van der Waals surface area contributed by atoms with Crippen LogP contribution in [0.25, 0.3) is 0 Å². The number of nitrogens with zero attached hydrogens (tertiary/aromatic N) is 2. The average Bonchev–Trinajstić information content (AvgIpc) is 3.19. The van der Waals surface area contributed by atoms with Gasteiger partial charge in [0.2, 0.25) is 0 Å². The highest BCUT2D eigenvalue weighted by Crippen LogP contribution is 2.30. The van der Waals surface area contributed by atoms with Crippen molar-refractivity contribution in [3.63, 3.8) is 0 Å². The van der Waals surface area contributed by atoms with Crippen LogP contribution in [-0.2, 0) is 6.54 Å². The van der Waals surface area contributed by atoms with Crippen molar-refractivity contribution < 1.29 is 9.47 Å². The summed E-state index contributed by atoms with van der Waals surface area (Å²) in [6.45, 7) is 2.47. The van der Waals surface area contributed by atoms with Gasteiger partial charge in [-0.15, -0.1) is 0 Å². The summed E-state index contributed by atoms with van der Waals surface area (Å²) in [5.74, 6) is 2.43. The van der Waals surface area contributed by atoms with Crippen molar-refractivity contribution >= 4 is 23.2 Å². The molecule has 1 aliphatic heterocycles. The second-order valence-corrected chi connectivity index (χ2v) is 7.07.